The number of sulfonamides is 1. The van der Waals surface area contributed by atoms with Gasteiger partial charge in [0.05, 0.1) is 16.9 Å². The van der Waals surface area contributed by atoms with Gasteiger partial charge in [-0.15, -0.1) is 0 Å². The number of rotatable bonds is 11. The van der Waals surface area contributed by atoms with Gasteiger partial charge in [-0.2, -0.15) is 0 Å². The van der Waals surface area contributed by atoms with E-state index in [1.807, 2.05) is 81.4 Å². The molecule has 3 aromatic rings. The number of nitrogens with zero attached hydrogens (tertiary/aromatic N) is 3. The van der Waals surface area contributed by atoms with Crippen molar-refractivity contribution in [2.24, 2.45) is 0 Å². The van der Waals surface area contributed by atoms with Crippen molar-refractivity contribution in [1.29, 1.82) is 0 Å². The normalized spacial score (nSPS) is 12.3. The van der Waals surface area contributed by atoms with Crippen LogP contribution in [0.25, 0.3) is 0 Å². The van der Waals surface area contributed by atoms with E-state index in [1.54, 1.807) is 6.92 Å². The van der Waals surface area contributed by atoms with Crippen molar-refractivity contribution in [2.75, 3.05) is 17.1 Å². The molecule has 0 bridgehead atoms. The fourth-order valence-corrected chi connectivity index (χ4v) is 5.26. The minimum atomic E-state index is -4.06. The van der Waals surface area contributed by atoms with Crippen molar-refractivity contribution in [2.45, 2.75) is 52.2 Å². The summed E-state index contributed by atoms with van der Waals surface area (Å²) in [5.41, 5.74) is 1.14. The predicted molar refractivity (Wildman–Crippen MR) is 159 cm³/mol. The Labute approximate surface area is 241 Å². The molecule has 10 nitrogen and oxygen atoms in total. The molecule has 0 saturated heterocycles. The third-order valence-corrected chi connectivity index (χ3v) is 7.44. The maximum Gasteiger partial charge on any atom is 0.271 e. The van der Waals surface area contributed by atoms with Gasteiger partial charge in [0.25, 0.3) is 5.69 Å². The molecule has 0 heterocycles. The molecule has 0 saturated carbocycles. The van der Waals surface area contributed by atoms with Gasteiger partial charge in [0.2, 0.25) is 21.8 Å². The number of nitro groups is 1. The Bertz CT molecular complexity index is 1490. The highest BCUT2D eigenvalue weighted by Crippen LogP contribution is 2.28. The average Bonchev–Trinajstić information content (AvgIpc) is 2.89. The van der Waals surface area contributed by atoms with Gasteiger partial charge in [-0.1, -0.05) is 66.7 Å². The smallest absolute Gasteiger partial charge is 0.271 e. The van der Waals surface area contributed by atoms with Gasteiger partial charge in [0.1, 0.15) is 12.6 Å². The summed E-state index contributed by atoms with van der Waals surface area (Å²) < 4.78 is 26.8. The maximum absolute atomic E-state index is 14.1. The Balaban J connectivity index is 2.10. The van der Waals surface area contributed by atoms with Crippen LogP contribution in [-0.4, -0.2) is 54.4 Å². The van der Waals surface area contributed by atoms with Crippen molar-refractivity contribution >= 4 is 33.2 Å². The number of amides is 2. The molecule has 3 aromatic carbocycles. The van der Waals surface area contributed by atoms with E-state index in [4.69, 9.17) is 0 Å². The Morgan fingerprint density at radius 1 is 0.951 bits per heavy atom. The highest BCUT2D eigenvalue weighted by Gasteiger charge is 2.34. The summed E-state index contributed by atoms with van der Waals surface area (Å²) in [7, 11) is -4.06. The largest absolute Gasteiger partial charge is 0.350 e. The van der Waals surface area contributed by atoms with Gasteiger partial charge in [-0.25, -0.2) is 8.42 Å². The van der Waals surface area contributed by atoms with Crippen LogP contribution in [0.15, 0.2) is 78.9 Å². The van der Waals surface area contributed by atoms with Crippen molar-refractivity contribution < 1.29 is 22.9 Å². The molecule has 0 aliphatic carbocycles. The summed E-state index contributed by atoms with van der Waals surface area (Å²) in [6.45, 7) is 6.51. The number of nitrogens with one attached hydrogen (secondary N) is 1. The van der Waals surface area contributed by atoms with Gasteiger partial charge < -0.3 is 10.2 Å². The standard InChI is InChI=1S/C30H36N4O6S/c1-22-16-17-25(34(37)38)19-26(22)33(41(5,39)40)21-28(35)32(20-24-14-10-7-11-15-24)27(29(36)31-30(2,3)4)18-23-12-8-6-9-13-23/h6-17,19,27H,18,20-21H2,1-5H3,(H,31,36). The zero-order valence-electron chi connectivity index (χ0n) is 23.9. The third kappa shape index (κ3) is 8.87. The van der Waals surface area contributed by atoms with Gasteiger partial charge in [0, 0.05) is 30.6 Å². The van der Waals surface area contributed by atoms with E-state index in [9.17, 15) is 28.1 Å². The first-order valence-electron chi connectivity index (χ1n) is 13.1. The van der Waals surface area contributed by atoms with Crippen LogP contribution >= 0.6 is 0 Å². The third-order valence-electron chi connectivity index (χ3n) is 6.32. The van der Waals surface area contributed by atoms with E-state index >= 15 is 0 Å². The zero-order valence-corrected chi connectivity index (χ0v) is 24.7. The molecule has 41 heavy (non-hydrogen) atoms. The van der Waals surface area contributed by atoms with Crippen LogP contribution in [0.1, 0.15) is 37.5 Å². The predicted octanol–water partition coefficient (Wildman–Crippen LogP) is 4.22. The minimum absolute atomic E-state index is 0.0217. The summed E-state index contributed by atoms with van der Waals surface area (Å²) in [5, 5.41) is 14.4. The number of carbonyl (C=O) groups excluding carboxylic acids is 2. The zero-order chi connectivity index (χ0) is 30.4. The molecule has 0 aliphatic rings. The molecule has 3 rings (SSSR count). The lowest BCUT2D eigenvalue weighted by Crippen LogP contribution is -2.56. The Hall–Kier alpha value is -4.25. The molecule has 0 fully saturated rings. The van der Waals surface area contributed by atoms with Crippen LogP contribution in [-0.2, 0) is 32.6 Å². The first-order valence-corrected chi connectivity index (χ1v) is 14.9. The van der Waals surface area contributed by atoms with Crippen LogP contribution in [0.3, 0.4) is 0 Å². The van der Waals surface area contributed by atoms with Gasteiger partial charge >= 0.3 is 0 Å². The van der Waals surface area contributed by atoms with E-state index in [1.165, 1.54) is 17.0 Å². The molecular formula is C30H36N4O6S. The molecule has 1 unspecified atom stereocenters. The Morgan fingerprint density at radius 2 is 1.51 bits per heavy atom. The van der Waals surface area contributed by atoms with Crippen LogP contribution in [0, 0.1) is 17.0 Å². The van der Waals surface area contributed by atoms with Crippen molar-refractivity contribution in [3.63, 3.8) is 0 Å². The molecule has 2 amide bonds. The Kier molecular flexibility index (Phi) is 9.88. The summed E-state index contributed by atoms with van der Waals surface area (Å²) in [4.78, 5) is 40.0. The summed E-state index contributed by atoms with van der Waals surface area (Å²) in [6, 6.07) is 21.2. The maximum atomic E-state index is 14.1. The number of hydrogen-bond donors (Lipinski definition) is 1. The first-order chi connectivity index (χ1) is 19.2. The Morgan fingerprint density at radius 3 is 2.02 bits per heavy atom. The van der Waals surface area contributed by atoms with E-state index in [-0.39, 0.29) is 30.2 Å². The molecule has 1 N–H and O–H groups in total. The molecular weight excluding hydrogens is 544 g/mol. The van der Waals surface area contributed by atoms with Crippen LogP contribution in [0.4, 0.5) is 11.4 Å². The lowest BCUT2D eigenvalue weighted by molar-refractivity contribution is -0.384. The number of aryl methyl sites for hydroxylation is 1. The molecule has 11 heteroatoms. The minimum Gasteiger partial charge on any atom is -0.350 e. The first kappa shape index (κ1) is 31.3. The number of anilines is 1. The van der Waals surface area contributed by atoms with Gasteiger partial charge in [-0.05, 0) is 44.4 Å². The van der Waals surface area contributed by atoms with Crippen molar-refractivity contribution in [1.82, 2.24) is 10.2 Å². The molecule has 1 atom stereocenters. The van der Waals surface area contributed by atoms with Gasteiger partial charge in [0.15, 0.2) is 0 Å². The topological polar surface area (TPSA) is 130 Å². The number of hydrogen-bond acceptors (Lipinski definition) is 6. The SMILES string of the molecule is Cc1ccc([N+](=O)[O-])cc1N(CC(=O)N(Cc1ccccc1)C(Cc1ccccc1)C(=O)NC(C)(C)C)S(C)(=O)=O. The van der Waals surface area contributed by atoms with Crippen molar-refractivity contribution in [3.05, 3.63) is 106 Å². The fraction of sp³-hybridized carbons (Fsp3) is 0.333. The summed E-state index contributed by atoms with van der Waals surface area (Å²) in [6.07, 6.45) is 1.13. The lowest BCUT2D eigenvalue weighted by atomic mass is 10.0. The molecule has 0 aromatic heterocycles. The quantitative estimate of drug-likeness (QED) is 0.267. The van der Waals surface area contributed by atoms with Crippen LogP contribution in [0.2, 0.25) is 0 Å². The van der Waals surface area contributed by atoms with Gasteiger partial charge in [-0.3, -0.25) is 24.0 Å². The average molecular weight is 581 g/mol. The van der Waals surface area contributed by atoms with E-state index in [0.717, 1.165) is 27.8 Å². The summed E-state index contributed by atoms with van der Waals surface area (Å²) in [5.74, 6) is -1.02. The second-order valence-electron chi connectivity index (χ2n) is 10.9. The monoisotopic (exact) mass is 580 g/mol. The number of benzene rings is 3. The number of non-ortho nitro benzene ring substituents is 1. The second-order valence-corrected chi connectivity index (χ2v) is 12.9. The number of carbonyl (C=O) groups is 2. The van der Waals surface area contributed by atoms with Crippen LogP contribution in [0.5, 0.6) is 0 Å². The molecule has 0 aliphatic heterocycles. The van der Waals surface area contributed by atoms with Crippen molar-refractivity contribution in [3.8, 4) is 0 Å². The molecule has 0 radical (unpaired) electrons. The van der Waals surface area contributed by atoms with E-state index in [0.29, 0.717) is 5.56 Å². The highest BCUT2D eigenvalue weighted by atomic mass is 32.2. The van der Waals surface area contributed by atoms with E-state index < -0.39 is 39.0 Å². The highest BCUT2D eigenvalue weighted by molar-refractivity contribution is 7.92. The fourth-order valence-electron chi connectivity index (χ4n) is 4.36. The summed E-state index contributed by atoms with van der Waals surface area (Å²) >= 11 is 0. The second kappa shape index (κ2) is 12.9. The lowest BCUT2D eigenvalue weighted by Gasteiger charge is -2.35. The molecule has 0 spiro atoms. The number of nitro benzene ring substituents is 1. The molecule has 218 valence electrons. The van der Waals surface area contributed by atoms with E-state index in [2.05, 4.69) is 5.32 Å². The van der Waals surface area contributed by atoms with Crippen LogP contribution < -0.4 is 9.62 Å².